The number of ether oxygens (including phenoxy) is 2. The number of carbonyl (C=O) groups is 3. The molecule has 0 heterocycles. The molecule has 0 fully saturated rings. The Morgan fingerprint density at radius 2 is 1.77 bits per heavy atom. The maximum Gasteiger partial charge on any atom is 0.408 e. The van der Waals surface area contributed by atoms with Crippen LogP contribution < -0.4 is 16.0 Å². The predicted octanol–water partition coefficient (Wildman–Crippen LogP) is 4.06. The number of isocyanates is 1. The van der Waals surface area contributed by atoms with Gasteiger partial charge in [-0.25, -0.2) is 14.4 Å². The van der Waals surface area contributed by atoms with E-state index in [0.29, 0.717) is 30.0 Å². The maximum absolute atomic E-state index is 12.8. The minimum Gasteiger partial charge on any atom is -0.445 e. The summed E-state index contributed by atoms with van der Waals surface area (Å²) in [6.45, 7) is 9.08. The summed E-state index contributed by atoms with van der Waals surface area (Å²) in [5.74, 6) is -0.649. The molecular weight excluding hydrogens is 476 g/mol. The lowest BCUT2D eigenvalue weighted by molar-refractivity contribution is -0.124. The van der Waals surface area contributed by atoms with Gasteiger partial charge in [-0.05, 0) is 52.0 Å². The molecule has 0 saturated heterocycles. The largest absolute Gasteiger partial charge is 0.445 e. The number of amides is 3. The molecule has 1 rings (SSSR count). The standard InChI is InChI=1S/C24H35ClN4O6/c1-16(2)20(27-15-30)29-21(31)19(28-23(33)35-24(3,4)5)12-8-9-13-26-22(32)34-14-17-10-6-7-11-18(17)25/h6-7,10-11,16,19-20H,8-9,12-14H2,1-5H3,(H,26,32)(H,28,33)(H,29,31)/t19-,20-/m0/s1. The molecule has 3 N–H and O–H groups in total. The van der Waals surface area contributed by atoms with E-state index in [2.05, 4.69) is 20.9 Å². The van der Waals surface area contributed by atoms with Gasteiger partial charge in [0, 0.05) is 17.1 Å². The Kier molecular flexibility index (Phi) is 12.8. The molecule has 0 aliphatic heterocycles. The third-order valence-corrected chi connectivity index (χ3v) is 5.00. The first-order valence-electron chi connectivity index (χ1n) is 11.4. The van der Waals surface area contributed by atoms with Crippen LogP contribution in [0.15, 0.2) is 29.3 Å². The fraction of sp³-hybridized carbons (Fsp3) is 0.583. The molecule has 2 atom stereocenters. The van der Waals surface area contributed by atoms with Gasteiger partial charge < -0.3 is 25.4 Å². The van der Waals surface area contributed by atoms with Gasteiger partial charge in [-0.15, -0.1) is 0 Å². The first-order chi connectivity index (χ1) is 16.4. The second-order valence-electron chi connectivity index (χ2n) is 9.21. The van der Waals surface area contributed by atoms with Crippen molar-refractivity contribution in [1.82, 2.24) is 16.0 Å². The Morgan fingerprint density at radius 1 is 1.09 bits per heavy atom. The number of halogens is 1. The van der Waals surface area contributed by atoms with Crippen molar-refractivity contribution in [2.24, 2.45) is 10.9 Å². The number of aliphatic imine (C=N–C) groups is 1. The molecule has 11 heteroatoms. The predicted molar refractivity (Wildman–Crippen MR) is 132 cm³/mol. The van der Waals surface area contributed by atoms with Crippen molar-refractivity contribution in [1.29, 1.82) is 0 Å². The van der Waals surface area contributed by atoms with E-state index in [4.69, 9.17) is 21.1 Å². The summed E-state index contributed by atoms with van der Waals surface area (Å²) in [6, 6.07) is 6.15. The number of hydrogen-bond donors (Lipinski definition) is 3. The molecular formula is C24H35ClN4O6. The van der Waals surface area contributed by atoms with Gasteiger partial charge in [0.05, 0.1) is 0 Å². The summed E-state index contributed by atoms with van der Waals surface area (Å²) in [5.41, 5.74) is -0.0354. The van der Waals surface area contributed by atoms with Gasteiger partial charge in [-0.1, -0.05) is 43.6 Å². The van der Waals surface area contributed by atoms with Crippen LogP contribution in [0.4, 0.5) is 9.59 Å². The molecule has 1 aromatic rings. The minimum absolute atomic E-state index is 0.0495. The Hall–Kier alpha value is -3.10. The Labute approximate surface area is 211 Å². The van der Waals surface area contributed by atoms with Crippen LogP contribution in [-0.2, 0) is 25.7 Å². The summed E-state index contributed by atoms with van der Waals surface area (Å²) in [4.78, 5) is 51.2. The van der Waals surface area contributed by atoms with E-state index in [0.717, 1.165) is 0 Å². The summed E-state index contributed by atoms with van der Waals surface area (Å²) >= 11 is 6.04. The number of benzene rings is 1. The lowest BCUT2D eigenvalue weighted by Gasteiger charge is -2.25. The molecule has 0 saturated carbocycles. The molecule has 1 aromatic carbocycles. The maximum atomic E-state index is 12.8. The first kappa shape index (κ1) is 29.9. The van der Waals surface area contributed by atoms with E-state index in [1.807, 2.05) is 0 Å². The van der Waals surface area contributed by atoms with Crippen molar-refractivity contribution < 1.29 is 28.7 Å². The summed E-state index contributed by atoms with van der Waals surface area (Å²) in [5, 5.41) is 8.36. The zero-order valence-electron chi connectivity index (χ0n) is 20.9. The summed E-state index contributed by atoms with van der Waals surface area (Å²) in [7, 11) is 0. The van der Waals surface area contributed by atoms with Gasteiger partial charge in [0.2, 0.25) is 12.0 Å². The molecule has 0 aliphatic carbocycles. The number of carbonyl (C=O) groups excluding carboxylic acids is 4. The number of nitrogens with zero attached hydrogens (tertiary/aromatic N) is 1. The highest BCUT2D eigenvalue weighted by Crippen LogP contribution is 2.15. The molecule has 0 spiro atoms. The molecule has 3 amide bonds. The number of unbranched alkanes of at least 4 members (excludes halogenated alkanes) is 1. The average Bonchev–Trinajstić information content (AvgIpc) is 2.75. The fourth-order valence-electron chi connectivity index (χ4n) is 2.84. The second kappa shape index (κ2) is 15.0. The van der Waals surface area contributed by atoms with Gasteiger partial charge in [-0.3, -0.25) is 4.79 Å². The third-order valence-electron chi connectivity index (χ3n) is 4.63. The van der Waals surface area contributed by atoms with Crippen molar-refractivity contribution >= 4 is 35.8 Å². The Morgan fingerprint density at radius 3 is 2.37 bits per heavy atom. The van der Waals surface area contributed by atoms with Crippen molar-refractivity contribution in [3.05, 3.63) is 34.9 Å². The van der Waals surface area contributed by atoms with Crippen LogP contribution >= 0.6 is 11.6 Å². The van der Waals surface area contributed by atoms with E-state index in [1.54, 1.807) is 58.9 Å². The zero-order valence-corrected chi connectivity index (χ0v) is 21.6. The number of nitrogens with one attached hydrogen (secondary N) is 3. The van der Waals surface area contributed by atoms with Crippen LogP contribution in [0.3, 0.4) is 0 Å². The number of rotatable bonds is 12. The lowest BCUT2D eigenvalue weighted by Crippen LogP contribution is -2.51. The van der Waals surface area contributed by atoms with E-state index >= 15 is 0 Å². The van der Waals surface area contributed by atoms with Crippen LogP contribution in [0.2, 0.25) is 5.02 Å². The fourth-order valence-corrected chi connectivity index (χ4v) is 3.03. The quantitative estimate of drug-likeness (QED) is 0.220. The topological polar surface area (TPSA) is 135 Å². The molecule has 0 aromatic heterocycles. The number of alkyl carbamates (subject to hydrolysis) is 2. The second-order valence-corrected chi connectivity index (χ2v) is 9.61. The third kappa shape index (κ3) is 12.8. The van der Waals surface area contributed by atoms with Crippen molar-refractivity contribution in [3.8, 4) is 0 Å². The summed E-state index contributed by atoms with van der Waals surface area (Å²) < 4.78 is 10.4. The van der Waals surface area contributed by atoms with Crippen LogP contribution in [0.1, 0.15) is 59.4 Å². The van der Waals surface area contributed by atoms with E-state index < -0.39 is 35.9 Å². The smallest absolute Gasteiger partial charge is 0.408 e. The van der Waals surface area contributed by atoms with Crippen molar-refractivity contribution in [2.45, 2.75) is 78.3 Å². The van der Waals surface area contributed by atoms with Crippen LogP contribution in [-0.4, -0.2) is 48.5 Å². The molecule has 0 unspecified atom stereocenters. The normalized spacial score (nSPS) is 12.7. The van der Waals surface area contributed by atoms with Crippen LogP contribution in [0, 0.1) is 5.92 Å². The van der Waals surface area contributed by atoms with E-state index in [-0.39, 0.29) is 18.9 Å². The van der Waals surface area contributed by atoms with Gasteiger partial charge in [0.25, 0.3) is 0 Å². The highest BCUT2D eigenvalue weighted by Gasteiger charge is 2.26. The van der Waals surface area contributed by atoms with Crippen molar-refractivity contribution in [2.75, 3.05) is 6.54 Å². The minimum atomic E-state index is -0.917. The Balaban J connectivity index is 2.56. The first-order valence-corrected chi connectivity index (χ1v) is 11.8. The Bertz CT molecular complexity index is 896. The molecule has 0 aliphatic rings. The van der Waals surface area contributed by atoms with Gasteiger partial charge >= 0.3 is 12.2 Å². The van der Waals surface area contributed by atoms with Gasteiger partial charge in [-0.2, -0.15) is 4.99 Å². The molecule has 0 bridgehead atoms. The SMILES string of the molecule is CC(C)[C@@H](N=C=O)NC(=O)[C@H](CCCCNC(=O)OCc1ccccc1Cl)NC(=O)OC(C)(C)C. The molecule has 35 heavy (non-hydrogen) atoms. The molecule has 194 valence electrons. The van der Waals surface area contributed by atoms with Crippen molar-refractivity contribution in [3.63, 3.8) is 0 Å². The average molecular weight is 511 g/mol. The van der Waals surface area contributed by atoms with Crippen LogP contribution in [0.25, 0.3) is 0 Å². The summed E-state index contributed by atoms with van der Waals surface area (Å²) in [6.07, 6.45) is 0.665. The molecule has 0 radical (unpaired) electrons. The zero-order chi connectivity index (χ0) is 26.4. The van der Waals surface area contributed by atoms with Crippen LogP contribution in [0.5, 0.6) is 0 Å². The monoisotopic (exact) mass is 510 g/mol. The van der Waals surface area contributed by atoms with E-state index in [1.165, 1.54) is 6.08 Å². The van der Waals surface area contributed by atoms with E-state index in [9.17, 15) is 19.2 Å². The van der Waals surface area contributed by atoms with Gasteiger partial charge in [0.15, 0.2) is 0 Å². The number of hydrogen-bond acceptors (Lipinski definition) is 7. The highest BCUT2D eigenvalue weighted by molar-refractivity contribution is 6.31. The highest BCUT2D eigenvalue weighted by atomic mass is 35.5. The molecule has 10 nitrogen and oxygen atoms in total. The lowest BCUT2D eigenvalue weighted by atomic mass is 10.1. The van der Waals surface area contributed by atoms with Gasteiger partial charge in [0.1, 0.15) is 24.4 Å².